The first-order valence-electron chi connectivity index (χ1n) is 9.69. The zero-order valence-corrected chi connectivity index (χ0v) is 18.5. The Bertz CT molecular complexity index is 1280. The fourth-order valence-corrected chi connectivity index (χ4v) is 5.64. The topological polar surface area (TPSA) is 110 Å². The van der Waals surface area contributed by atoms with Crippen LogP contribution in [0.2, 0.25) is 0 Å². The van der Waals surface area contributed by atoms with Gasteiger partial charge < -0.3 is 14.2 Å². The Morgan fingerprint density at radius 1 is 1.13 bits per heavy atom. The van der Waals surface area contributed by atoms with Crippen LogP contribution >= 0.6 is 0 Å². The second-order valence-corrected chi connectivity index (χ2v) is 9.63. The van der Waals surface area contributed by atoms with Crippen LogP contribution in [0, 0.1) is 6.92 Å². The minimum atomic E-state index is -3.12. The highest BCUT2D eigenvalue weighted by Gasteiger charge is 2.32. The van der Waals surface area contributed by atoms with Gasteiger partial charge in [-0.15, -0.1) is 0 Å². The lowest BCUT2D eigenvalue weighted by atomic mass is 10.0. The number of hydrogen-bond acceptors (Lipinski definition) is 8. The summed E-state index contributed by atoms with van der Waals surface area (Å²) in [4.78, 5) is 17.4. The van der Waals surface area contributed by atoms with Gasteiger partial charge in [0.25, 0.3) is 0 Å². The fourth-order valence-electron chi connectivity index (χ4n) is 3.95. The predicted octanol–water partition coefficient (Wildman–Crippen LogP) is 2.57. The largest absolute Gasteiger partial charge is 0.493 e. The Labute approximate surface area is 179 Å². The van der Waals surface area contributed by atoms with Crippen LogP contribution in [0.3, 0.4) is 0 Å². The average molecular weight is 445 g/mol. The van der Waals surface area contributed by atoms with Crippen molar-refractivity contribution in [1.29, 1.82) is 0 Å². The predicted molar refractivity (Wildman–Crippen MR) is 114 cm³/mol. The lowest BCUT2D eigenvalue weighted by Crippen LogP contribution is -2.13. The van der Waals surface area contributed by atoms with E-state index >= 15 is 0 Å². The summed E-state index contributed by atoms with van der Waals surface area (Å²) < 4.78 is 41.4. The number of pyridine rings is 1. The lowest BCUT2D eigenvalue weighted by molar-refractivity contribution is 0.0603. The summed E-state index contributed by atoms with van der Waals surface area (Å²) >= 11 is 0. The van der Waals surface area contributed by atoms with Crippen molar-refractivity contribution in [3.8, 4) is 22.8 Å². The van der Waals surface area contributed by atoms with E-state index in [9.17, 15) is 13.2 Å². The van der Waals surface area contributed by atoms with E-state index in [-0.39, 0.29) is 17.5 Å². The number of rotatable bonds is 5. The Morgan fingerprint density at radius 2 is 1.87 bits per heavy atom. The number of esters is 1. The Morgan fingerprint density at radius 3 is 2.48 bits per heavy atom. The van der Waals surface area contributed by atoms with Crippen molar-refractivity contribution in [2.75, 3.05) is 32.8 Å². The second-order valence-electron chi connectivity index (χ2n) is 7.40. The summed E-state index contributed by atoms with van der Waals surface area (Å²) in [6.45, 7) is 1.77. The van der Waals surface area contributed by atoms with Crippen molar-refractivity contribution in [1.82, 2.24) is 14.8 Å². The molecule has 3 heterocycles. The number of carbonyl (C=O) groups excluding carboxylic acids is 1. The molecule has 1 atom stereocenters. The van der Waals surface area contributed by atoms with Gasteiger partial charge in [0, 0.05) is 5.56 Å². The molecule has 31 heavy (non-hydrogen) atoms. The molecule has 4 rings (SSSR count). The van der Waals surface area contributed by atoms with Gasteiger partial charge in [0.15, 0.2) is 27.0 Å². The first kappa shape index (κ1) is 21.1. The van der Waals surface area contributed by atoms with E-state index in [1.54, 1.807) is 36.9 Å². The monoisotopic (exact) mass is 445 g/mol. The van der Waals surface area contributed by atoms with E-state index in [2.05, 4.69) is 5.10 Å². The summed E-state index contributed by atoms with van der Waals surface area (Å²) in [6.07, 6.45) is 0.453. The van der Waals surface area contributed by atoms with Crippen LogP contribution in [-0.4, -0.2) is 62.0 Å². The summed E-state index contributed by atoms with van der Waals surface area (Å²) in [5.74, 6) is 0.678. The molecule has 0 unspecified atom stereocenters. The Hall–Kier alpha value is -3.14. The minimum absolute atomic E-state index is 0.000949. The molecule has 0 radical (unpaired) electrons. The van der Waals surface area contributed by atoms with Crippen LogP contribution in [0.1, 0.15) is 28.5 Å². The Kier molecular flexibility index (Phi) is 5.34. The quantitative estimate of drug-likeness (QED) is 0.551. The molecule has 0 aliphatic carbocycles. The normalized spacial score (nSPS) is 17.6. The van der Waals surface area contributed by atoms with E-state index in [1.165, 1.54) is 14.2 Å². The van der Waals surface area contributed by atoms with E-state index in [0.29, 0.717) is 51.5 Å². The molecular weight excluding hydrogens is 422 g/mol. The van der Waals surface area contributed by atoms with Gasteiger partial charge in [-0.2, -0.15) is 5.10 Å². The number of aryl methyl sites for hydroxylation is 1. The third-order valence-corrected chi connectivity index (χ3v) is 7.23. The number of carbonyl (C=O) groups is 1. The highest BCUT2D eigenvalue weighted by atomic mass is 32.2. The molecule has 0 N–H and O–H groups in total. The molecule has 0 spiro atoms. The molecule has 0 bridgehead atoms. The standard InChI is InChI=1S/C21H23N3O6S/c1-12-19-15(21(25)30-4)10-16(13-5-6-17(28-2)18(9-13)29-3)22-20(19)24(23-12)14-7-8-31(26,27)11-14/h5-6,9-10,14H,7-8,11H2,1-4H3/t14-/m1/s1. The van der Waals surface area contributed by atoms with Crippen LogP contribution in [0.15, 0.2) is 24.3 Å². The molecule has 1 fully saturated rings. The molecule has 2 aromatic heterocycles. The first-order valence-corrected chi connectivity index (χ1v) is 11.5. The van der Waals surface area contributed by atoms with Gasteiger partial charge >= 0.3 is 5.97 Å². The summed E-state index contributed by atoms with van der Waals surface area (Å²) in [5, 5.41) is 5.10. The molecule has 1 aliphatic rings. The lowest BCUT2D eigenvalue weighted by Gasteiger charge is -2.13. The maximum absolute atomic E-state index is 12.6. The summed E-state index contributed by atoms with van der Waals surface area (Å²) in [7, 11) is 1.28. The summed E-state index contributed by atoms with van der Waals surface area (Å²) in [6, 6.07) is 6.65. The zero-order valence-electron chi connectivity index (χ0n) is 17.7. The van der Waals surface area contributed by atoms with Crippen LogP contribution in [0.25, 0.3) is 22.3 Å². The minimum Gasteiger partial charge on any atom is -0.493 e. The van der Waals surface area contributed by atoms with Gasteiger partial charge in [-0.05, 0) is 37.6 Å². The number of hydrogen-bond donors (Lipinski definition) is 0. The van der Waals surface area contributed by atoms with Crippen molar-refractivity contribution < 1.29 is 27.4 Å². The van der Waals surface area contributed by atoms with E-state index in [0.717, 1.165) is 0 Å². The highest BCUT2D eigenvalue weighted by Crippen LogP contribution is 2.35. The van der Waals surface area contributed by atoms with Gasteiger partial charge in [-0.1, -0.05) is 0 Å². The van der Waals surface area contributed by atoms with Crippen molar-refractivity contribution in [2.24, 2.45) is 0 Å². The van der Waals surface area contributed by atoms with Crippen LogP contribution < -0.4 is 9.47 Å². The number of ether oxygens (including phenoxy) is 3. The average Bonchev–Trinajstić information content (AvgIpc) is 3.30. The molecular formula is C21H23N3O6S. The molecule has 1 aliphatic heterocycles. The van der Waals surface area contributed by atoms with E-state index < -0.39 is 15.8 Å². The highest BCUT2D eigenvalue weighted by molar-refractivity contribution is 7.91. The van der Waals surface area contributed by atoms with Gasteiger partial charge in [0.1, 0.15) is 0 Å². The third-order valence-electron chi connectivity index (χ3n) is 5.48. The van der Waals surface area contributed by atoms with E-state index in [4.69, 9.17) is 19.2 Å². The number of nitrogens with zero attached hydrogens (tertiary/aromatic N) is 3. The molecule has 0 amide bonds. The Balaban J connectivity index is 1.95. The van der Waals surface area contributed by atoms with Crippen LogP contribution in [0.4, 0.5) is 0 Å². The van der Waals surface area contributed by atoms with Crippen LogP contribution in [0.5, 0.6) is 11.5 Å². The second kappa shape index (κ2) is 7.84. The maximum Gasteiger partial charge on any atom is 0.338 e. The smallest absolute Gasteiger partial charge is 0.338 e. The molecule has 3 aromatic rings. The summed E-state index contributed by atoms with van der Waals surface area (Å²) in [5.41, 5.74) is 2.57. The fraction of sp³-hybridized carbons (Fsp3) is 0.381. The molecule has 164 valence electrons. The van der Waals surface area contributed by atoms with Gasteiger partial charge in [-0.25, -0.2) is 22.9 Å². The van der Waals surface area contributed by atoms with Crippen molar-refractivity contribution in [3.63, 3.8) is 0 Å². The number of methoxy groups -OCH3 is 3. The molecule has 10 heteroatoms. The van der Waals surface area contributed by atoms with Gasteiger partial charge in [0.2, 0.25) is 0 Å². The van der Waals surface area contributed by atoms with Crippen molar-refractivity contribution in [2.45, 2.75) is 19.4 Å². The number of benzene rings is 1. The molecule has 9 nitrogen and oxygen atoms in total. The van der Waals surface area contributed by atoms with Crippen molar-refractivity contribution in [3.05, 3.63) is 35.5 Å². The SMILES string of the molecule is COC(=O)c1cc(-c2ccc(OC)c(OC)c2)nc2c1c(C)nn2[C@@H]1CCS(=O)(=O)C1. The third kappa shape index (κ3) is 3.71. The van der Waals surface area contributed by atoms with E-state index in [1.807, 2.05) is 6.07 Å². The van der Waals surface area contributed by atoms with Gasteiger partial charge in [0.05, 0.1) is 61.2 Å². The number of aromatic nitrogens is 3. The molecule has 1 aromatic carbocycles. The first-order chi connectivity index (χ1) is 14.8. The zero-order chi connectivity index (χ0) is 22.3. The van der Waals surface area contributed by atoms with Crippen molar-refractivity contribution >= 4 is 26.8 Å². The van der Waals surface area contributed by atoms with Crippen LogP contribution in [-0.2, 0) is 14.6 Å². The number of sulfone groups is 1. The maximum atomic E-state index is 12.6. The number of fused-ring (bicyclic) bond motifs is 1. The molecule has 0 saturated carbocycles. The van der Waals surface area contributed by atoms with Gasteiger partial charge in [-0.3, -0.25) is 0 Å². The molecule has 1 saturated heterocycles.